The second kappa shape index (κ2) is 8.03. The van der Waals surface area contributed by atoms with E-state index in [9.17, 15) is 10.1 Å². The Morgan fingerprint density at radius 2 is 2.09 bits per heavy atom. The van der Waals surface area contributed by atoms with Gasteiger partial charge in [0.1, 0.15) is 12.4 Å². The number of hydrogen-bond acceptors (Lipinski definition) is 5. The van der Waals surface area contributed by atoms with Gasteiger partial charge in [-0.25, -0.2) is 0 Å². The van der Waals surface area contributed by atoms with Crippen molar-refractivity contribution in [2.75, 3.05) is 23.7 Å². The van der Waals surface area contributed by atoms with Crippen LogP contribution >= 0.6 is 24.8 Å². The number of nitrogens with zero attached hydrogens (tertiary/aromatic N) is 4. The number of anilines is 2. The van der Waals surface area contributed by atoms with E-state index in [1.807, 2.05) is 12.1 Å². The van der Waals surface area contributed by atoms with Gasteiger partial charge in [0.05, 0.1) is 11.5 Å². The molecule has 2 heterocycles. The summed E-state index contributed by atoms with van der Waals surface area (Å²) in [5.41, 5.74) is 9.27. The van der Waals surface area contributed by atoms with Crippen LogP contribution in [0.1, 0.15) is 12.0 Å². The van der Waals surface area contributed by atoms with Crippen molar-refractivity contribution in [2.24, 2.45) is 0 Å². The lowest BCUT2D eigenvalue weighted by molar-refractivity contribution is -0.385. The molecular weight excluding hydrogens is 341 g/mol. The Labute approximate surface area is 146 Å². The fraction of sp³-hybridized carbons (Fsp3) is 0.357. The lowest BCUT2D eigenvalue weighted by Crippen LogP contribution is -2.32. The quantitative estimate of drug-likeness (QED) is 0.514. The fourth-order valence-corrected chi connectivity index (χ4v) is 2.75. The van der Waals surface area contributed by atoms with Crippen molar-refractivity contribution in [1.29, 1.82) is 0 Å². The minimum absolute atomic E-state index is 0. The maximum absolute atomic E-state index is 10.6. The smallest absolute Gasteiger partial charge is 0.306 e. The molecule has 2 aromatic rings. The van der Waals surface area contributed by atoms with Crippen LogP contribution in [0.2, 0.25) is 0 Å². The summed E-state index contributed by atoms with van der Waals surface area (Å²) in [5, 5.41) is 14.7. The Kier molecular flexibility index (Phi) is 6.65. The maximum Gasteiger partial charge on any atom is 0.306 e. The number of hydrogen-bond donors (Lipinski definition) is 1. The summed E-state index contributed by atoms with van der Waals surface area (Å²) in [6.45, 7) is 2.34. The minimum Gasteiger partial charge on any atom is -0.398 e. The highest BCUT2D eigenvalue weighted by Gasteiger charge is 2.18. The van der Waals surface area contributed by atoms with Gasteiger partial charge in [-0.05, 0) is 30.5 Å². The topological polar surface area (TPSA) is 90.2 Å². The molecule has 0 aliphatic carbocycles. The van der Waals surface area contributed by atoms with Crippen LogP contribution in [0.5, 0.6) is 0 Å². The van der Waals surface area contributed by atoms with Gasteiger partial charge in [-0.15, -0.1) is 24.8 Å². The second-order valence-corrected chi connectivity index (χ2v) is 5.15. The molecule has 0 spiro atoms. The van der Waals surface area contributed by atoms with Crippen molar-refractivity contribution >= 4 is 41.9 Å². The highest BCUT2D eigenvalue weighted by Crippen LogP contribution is 2.31. The summed E-state index contributed by atoms with van der Waals surface area (Å²) in [6, 6.07) is 5.97. The van der Waals surface area contributed by atoms with Gasteiger partial charge in [0, 0.05) is 24.5 Å². The lowest BCUT2D eigenvalue weighted by atomic mass is 10.00. The van der Waals surface area contributed by atoms with Crippen LogP contribution < -0.4 is 10.6 Å². The van der Waals surface area contributed by atoms with E-state index in [-0.39, 0.29) is 30.5 Å². The third-order valence-electron chi connectivity index (χ3n) is 3.81. The number of nitrogens with two attached hydrogens (primary N) is 1. The number of halogens is 2. The molecule has 0 radical (unpaired) electrons. The van der Waals surface area contributed by atoms with Crippen molar-refractivity contribution in [2.45, 2.75) is 19.4 Å². The molecule has 0 saturated carbocycles. The number of nitrogen functional groups attached to an aromatic ring is 1. The molecule has 0 bridgehead atoms. The largest absolute Gasteiger partial charge is 0.398 e. The van der Waals surface area contributed by atoms with E-state index in [1.165, 1.54) is 23.6 Å². The number of aromatic nitrogens is 2. The third kappa shape index (κ3) is 4.05. The molecule has 1 aliphatic heterocycles. The molecule has 9 heteroatoms. The minimum atomic E-state index is -0.430. The van der Waals surface area contributed by atoms with Crippen LogP contribution in [0.3, 0.4) is 0 Å². The molecule has 23 heavy (non-hydrogen) atoms. The van der Waals surface area contributed by atoms with Gasteiger partial charge in [-0.1, -0.05) is 6.07 Å². The first-order valence-corrected chi connectivity index (χ1v) is 6.94. The summed E-state index contributed by atoms with van der Waals surface area (Å²) < 4.78 is 1.61. The van der Waals surface area contributed by atoms with Crippen LogP contribution in [-0.4, -0.2) is 27.8 Å². The molecule has 1 aromatic heterocycles. The maximum atomic E-state index is 10.6. The van der Waals surface area contributed by atoms with Crippen molar-refractivity contribution in [3.8, 4) is 0 Å². The molecule has 0 unspecified atom stereocenters. The first kappa shape index (κ1) is 19.1. The molecule has 7 nitrogen and oxygen atoms in total. The van der Waals surface area contributed by atoms with Gasteiger partial charge < -0.3 is 10.6 Å². The van der Waals surface area contributed by atoms with Crippen LogP contribution in [-0.2, 0) is 13.0 Å². The number of fused-ring (bicyclic) bond motifs is 1. The molecular formula is C14H19Cl2N5O2. The molecule has 0 atom stereocenters. The SMILES string of the molecule is Cl.Cl.Nc1cccc2c1CCCN2CCn1cc([N+](=O)[O-])cn1. The average molecular weight is 360 g/mol. The zero-order valence-corrected chi connectivity index (χ0v) is 14.1. The molecule has 0 fully saturated rings. The van der Waals surface area contributed by atoms with Crippen LogP contribution in [0.25, 0.3) is 0 Å². The van der Waals surface area contributed by atoms with Crippen molar-refractivity contribution in [3.63, 3.8) is 0 Å². The Morgan fingerprint density at radius 1 is 1.30 bits per heavy atom. The highest BCUT2D eigenvalue weighted by atomic mass is 35.5. The number of benzene rings is 1. The van der Waals surface area contributed by atoms with E-state index < -0.39 is 4.92 Å². The zero-order chi connectivity index (χ0) is 14.8. The monoisotopic (exact) mass is 359 g/mol. The number of nitro groups is 1. The Balaban J connectivity index is 0.00000132. The Morgan fingerprint density at radius 3 is 2.78 bits per heavy atom. The first-order chi connectivity index (χ1) is 10.1. The normalized spacial score (nSPS) is 12.8. The van der Waals surface area contributed by atoms with Crippen molar-refractivity contribution in [1.82, 2.24) is 9.78 Å². The predicted octanol–water partition coefficient (Wildman–Crippen LogP) is 2.67. The van der Waals surface area contributed by atoms with E-state index in [2.05, 4.69) is 16.1 Å². The van der Waals surface area contributed by atoms with E-state index in [4.69, 9.17) is 5.73 Å². The van der Waals surface area contributed by atoms with E-state index in [0.29, 0.717) is 6.54 Å². The summed E-state index contributed by atoms with van der Waals surface area (Å²) in [7, 11) is 0. The standard InChI is InChI=1S/C14H17N5O2.2ClH/c15-13-4-1-5-14-12(13)3-2-6-17(14)7-8-18-10-11(9-16-18)19(20)21;;/h1,4-5,9-10H,2-3,6-8,15H2;2*1H. The zero-order valence-electron chi connectivity index (χ0n) is 12.4. The predicted molar refractivity (Wildman–Crippen MR) is 94.8 cm³/mol. The average Bonchev–Trinajstić information content (AvgIpc) is 2.95. The summed E-state index contributed by atoms with van der Waals surface area (Å²) in [6.07, 6.45) is 4.82. The third-order valence-corrected chi connectivity index (χ3v) is 3.81. The van der Waals surface area contributed by atoms with Crippen molar-refractivity contribution in [3.05, 3.63) is 46.3 Å². The number of rotatable bonds is 4. The van der Waals surface area contributed by atoms with Gasteiger partial charge in [0.15, 0.2) is 0 Å². The van der Waals surface area contributed by atoms with Crippen LogP contribution in [0.15, 0.2) is 30.6 Å². The van der Waals surface area contributed by atoms with Gasteiger partial charge in [-0.2, -0.15) is 5.10 Å². The van der Waals surface area contributed by atoms with Gasteiger partial charge in [-0.3, -0.25) is 14.8 Å². The lowest BCUT2D eigenvalue weighted by Gasteiger charge is -2.32. The molecule has 0 saturated heterocycles. The molecule has 0 amide bonds. The Hall–Kier alpha value is -1.99. The molecule has 1 aliphatic rings. The van der Waals surface area contributed by atoms with Gasteiger partial charge in [0.25, 0.3) is 0 Å². The Bertz CT molecular complexity index is 677. The van der Waals surface area contributed by atoms with Crippen LogP contribution in [0.4, 0.5) is 17.1 Å². The fourth-order valence-electron chi connectivity index (χ4n) is 2.75. The van der Waals surface area contributed by atoms with E-state index in [1.54, 1.807) is 4.68 Å². The van der Waals surface area contributed by atoms with E-state index >= 15 is 0 Å². The molecule has 3 rings (SSSR count). The molecule has 1 aromatic carbocycles. The summed E-state index contributed by atoms with van der Waals surface area (Å²) in [5.74, 6) is 0. The second-order valence-electron chi connectivity index (χ2n) is 5.15. The molecule has 2 N–H and O–H groups in total. The highest BCUT2D eigenvalue weighted by molar-refractivity contribution is 5.85. The summed E-state index contributed by atoms with van der Waals surface area (Å²) in [4.78, 5) is 12.5. The summed E-state index contributed by atoms with van der Waals surface area (Å²) >= 11 is 0. The van der Waals surface area contributed by atoms with E-state index in [0.717, 1.165) is 31.6 Å². The molecule has 126 valence electrons. The van der Waals surface area contributed by atoms with Crippen molar-refractivity contribution < 1.29 is 4.92 Å². The van der Waals surface area contributed by atoms with Gasteiger partial charge in [0.2, 0.25) is 0 Å². The van der Waals surface area contributed by atoms with Gasteiger partial charge >= 0.3 is 5.69 Å². The first-order valence-electron chi connectivity index (χ1n) is 6.94. The van der Waals surface area contributed by atoms with Crippen LogP contribution in [0, 0.1) is 10.1 Å².